The van der Waals surface area contributed by atoms with E-state index in [0.717, 1.165) is 18.7 Å². The second-order valence-electron chi connectivity index (χ2n) is 5.21. The molecular formula is C15H21N3. The van der Waals surface area contributed by atoms with Crippen molar-refractivity contribution in [3.05, 3.63) is 53.1 Å². The molecule has 1 aromatic carbocycles. The van der Waals surface area contributed by atoms with Gasteiger partial charge in [-0.2, -0.15) is 0 Å². The van der Waals surface area contributed by atoms with Gasteiger partial charge in [0.1, 0.15) is 0 Å². The van der Waals surface area contributed by atoms with Gasteiger partial charge in [0.2, 0.25) is 0 Å². The van der Waals surface area contributed by atoms with Crippen LogP contribution in [0.25, 0.3) is 0 Å². The summed E-state index contributed by atoms with van der Waals surface area (Å²) in [7, 11) is 0. The molecule has 0 aliphatic carbocycles. The first-order valence-electron chi connectivity index (χ1n) is 6.36. The summed E-state index contributed by atoms with van der Waals surface area (Å²) in [6, 6.07) is 6.80. The molecule has 0 saturated carbocycles. The summed E-state index contributed by atoms with van der Waals surface area (Å²) in [6.45, 7) is 7.13. The summed E-state index contributed by atoms with van der Waals surface area (Å²) in [5.74, 6) is 0. The van der Waals surface area contributed by atoms with Crippen LogP contribution in [0.5, 0.6) is 0 Å². The Balaban J connectivity index is 2.11. The molecule has 3 heteroatoms. The van der Waals surface area contributed by atoms with Crippen molar-refractivity contribution in [1.29, 1.82) is 0 Å². The summed E-state index contributed by atoms with van der Waals surface area (Å²) in [5.41, 5.74) is 10.8. The largest absolute Gasteiger partial charge is 0.333 e. The van der Waals surface area contributed by atoms with E-state index in [2.05, 4.69) is 47.8 Å². The van der Waals surface area contributed by atoms with E-state index in [9.17, 15) is 0 Å². The van der Waals surface area contributed by atoms with E-state index in [1.54, 1.807) is 0 Å². The highest BCUT2D eigenvalue weighted by molar-refractivity contribution is 5.28. The van der Waals surface area contributed by atoms with Crippen LogP contribution in [-0.4, -0.2) is 15.6 Å². The second-order valence-corrected chi connectivity index (χ2v) is 5.21. The molecule has 96 valence electrons. The lowest BCUT2D eigenvalue weighted by molar-refractivity contribution is 0.723. The fraction of sp³-hybridized carbons (Fsp3) is 0.400. The molecule has 1 heterocycles. The topological polar surface area (TPSA) is 43.8 Å². The summed E-state index contributed by atoms with van der Waals surface area (Å²) < 4.78 is 2.12. The number of aromatic nitrogens is 2. The van der Waals surface area contributed by atoms with Crippen molar-refractivity contribution in [1.82, 2.24) is 9.55 Å². The Kier molecular flexibility index (Phi) is 3.82. The number of hydrogen-bond acceptors (Lipinski definition) is 2. The first kappa shape index (κ1) is 12.8. The molecule has 0 amide bonds. The van der Waals surface area contributed by atoms with Gasteiger partial charge < -0.3 is 10.3 Å². The quantitative estimate of drug-likeness (QED) is 0.896. The first-order valence-corrected chi connectivity index (χ1v) is 6.36. The highest BCUT2D eigenvalue weighted by Crippen LogP contribution is 2.11. The van der Waals surface area contributed by atoms with E-state index in [1.165, 1.54) is 16.7 Å². The van der Waals surface area contributed by atoms with Crippen LogP contribution in [-0.2, 0) is 13.0 Å². The van der Waals surface area contributed by atoms with Gasteiger partial charge in [-0.3, -0.25) is 0 Å². The van der Waals surface area contributed by atoms with E-state index in [1.807, 2.05) is 13.3 Å². The monoisotopic (exact) mass is 243 g/mol. The molecule has 2 rings (SSSR count). The van der Waals surface area contributed by atoms with E-state index in [0.29, 0.717) is 0 Å². The van der Waals surface area contributed by atoms with E-state index >= 15 is 0 Å². The zero-order valence-electron chi connectivity index (χ0n) is 11.4. The summed E-state index contributed by atoms with van der Waals surface area (Å²) in [5, 5.41) is 0. The Morgan fingerprint density at radius 2 is 1.89 bits per heavy atom. The molecule has 1 unspecified atom stereocenters. The SMILES string of the molecule is Cc1cc(C)cc(Cn2cnc(CC(C)N)c2)c1. The van der Waals surface area contributed by atoms with Crippen molar-refractivity contribution in [3.8, 4) is 0 Å². The Bertz CT molecular complexity index is 506. The summed E-state index contributed by atoms with van der Waals surface area (Å²) in [6.07, 6.45) is 4.80. The number of imidazole rings is 1. The van der Waals surface area contributed by atoms with Crippen LogP contribution in [0.4, 0.5) is 0 Å². The molecule has 2 aromatic rings. The number of rotatable bonds is 4. The van der Waals surface area contributed by atoms with Crippen molar-refractivity contribution in [2.45, 2.75) is 39.8 Å². The van der Waals surface area contributed by atoms with Crippen molar-refractivity contribution in [3.63, 3.8) is 0 Å². The number of aryl methyl sites for hydroxylation is 2. The molecule has 1 atom stereocenters. The average Bonchev–Trinajstić information content (AvgIpc) is 2.62. The van der Waals surface area contributed by atoms with Crippen molar-refractivity contribution in [2.24, 2.45) is 5.73 Å². The Labute approximate surface area is 109 Å². The van der Waals surface area contributed by atoms with E-state index in [4.69, 9.17) is 5.73 Å². The maximum absolute atomic E-state index is 5.78. The number of nitrogens with zero attached hydrogens (tertiary/aromatic N) is 2. The fourth-order valence-electron chi connectivity index (χ4n) is 2.30. The summed E-state index contributed by atoms with van der Waals surface area (Å²) >= 11 is 0. The van der Waals surface area contributed by atoms with Gasteiger partial charge in [-0.05, 0) is 26.3 Å². The zero-order chi connectivity index (χ0) is 13.1. The van der Waals surface area contributed by atoms with Gasteiger partial charge >= 0.3 is 0 Å². The van der Waals surface area contributed by atoms with Gasteiger partial charge in [-0.1, -0.05) is 29.3 Å². The van der Waals surface area contributed by atoms with Crippen LogP contribution >= 0.6 is 0 Å². The van der Waals surface area contributed by atoms with Crippen molar-refractivity contribution < 1.29 is 0 Å². The van der Waals surface area contributed by atoms with Crippen molar-refractivity contribution >= 4 is 0 Å². The molecule has 0 spiro atoms. The average molecular weight is 243 g/mol. The van der Waals surface area contributed by atoms with Crippen molar-refractivity contribution in [2.75, 3.05) is 0 Å². The fourth-order valence-corrected chi connectivity index (χ4v) is 2.30. The summed E-state index contributed by atoms with van der Waals surface area (Å²) in [4.78, 5) is 4.38. The Morgan fingerprint density at radius 1 is 1.22 bits per heavy atom. The molecule has 1 aromatic heterocycles. The minimum atomic E-state index is 0.162. The number of benzene rings is 1. The van der Waals surface area contributed by atoms with Gasteiger partial charge in [-0.25, -0.2) is 4.98 Å². The predicted molar refractivity (Wildman–Crippen MR) is 74.6 cm³/mol. The molecule has 0 fully saturated rings. The second kappa shape index (κ2) is 5.36. The van der Waals surface area contributed by atoms with Gasteiger partial charge in [0.15, 0.2) is 0 Å². The van der Waals surface area contributed by atoms with Crippen LogP contribution in [0.1, 0.15) is 29.3 Å². The predicted octanol–water partition coefficient (Wildman–Crippen LogP) is 2.44. The lowest BCUT2D eigenvalue weighted by Gasteiger charge is -2.06. The minimum Gasteiger partial charge on any atom is -0.333 e. The van der Waals surface area contributed by atoms with Crippen LogP contribution in [0.15, 0.2) is 30.7 Å². The molecule has 0 aliphatic rings. The number of nitrogens with two attached hydrogens (primary N) is 1. The molecule has 0 saturated heterocycles. The third-order valence-electron chi connectivity index (χ3n) is 2.86. The number of hydrogen-bond donors (Lipinski definition) is 1. The molecule has 0 aliphatic heterocycles. The molecule has 2 N–H and O–H groups in total. The Hall–Kier alpha value is -1.61. The van der Waals surface area contributed by atoms with Crippen LogP contribution < -0.4 is 5.73 Å². The molecule has 18 heavy (non-hydrogen) atoms. The molecular weight excluding hydrogens is 222 g/mol. The van der Waals surface area contributed by atoms with Gasteiger partial charge in [0.25, 0.3) is 0 Å². The maximum atomic E-state index is 5.78. The smallest absolute Gasteiger partial charge is 0.0952 e. The molecule has 0 bridgehead atoms. The standard InChI is InChI=1S/C15H21N3/c1-11-4-12(2)6-14(5-11)8-18-9-15(17-10-18)7-13(3)16/h4-6,9-10,13H,7-8,16H2,1-3H3. The third-order valence-corrected chi connectivity index (χ3v) is 2.86. The van der Waals surface area contributed by atoms with E-state index in [-0.39, 0.29) is 6.04 Å². The highest BCUT2D eigenvalue weighted by atomic mass is 15.0. The minimum absolute atomic E-state index is 0.162. The maximum Gasteiger partial charge on any atom is 0.0952 e. The third kappa shape index (κ3) is 3.44. The van der Waals surface area contributed by atoms with Gasteiger partial charge in [0, 0.05) is 25.2 Å². The lowest BCUT2D eigenvalue weighted by Crippen LogP contribution is -2.17. The van der Waals surface area contributed by atoms with Gasteiger partial charge in [0.05, 0.1) is 12.0 Å². The lowest BCUT2D eigenvalue weighted by atomic mass is 10.1. The van der Waals surface area contributed by atoms with Crippen LogP contribution in [0.2, 0.25) is 0 Å². The normalized spacial score (nSPS) is 12.7. The van der Waals surface area contributed by atoms with E-state index < -0.39 is 0 Å². The van der Waals surface area contributed by atoms with Crippen LogP contribution in [0, 0.1) is 13.8 Å². The Morgan fingerprint density at radius 3 is 2.50 bits per heavy atom. The highest BCUT2D eigenvalue weighted by Gasteiger charge is 2.03. The first-order chi connectivity index (χ1) is 8.52. The zero-order valence-corrected chi connectivity index (χ0v) is 11.4. The van der Waals surface area contributed by atoms with Crippen LogP contribution in [0.3, 0.4) is 0 Å². The van der Waals surface area contributed by atoms with Gasteiger partial charge in [-0.15, -0.1) is 0 Å². The molecule has 3 nitrogen and oxygen atoms in total. The molecule has 0 radical (unpaired) electrons.